The number of allylic oxidation sites excluding steroid dienone is 4. The molecule has 0 nitrogen and oxygen atoms in total. The van der Waals surface area contributed by atoms with Crippen molar-refractivity contribution in [2.45, 2.75) is 113 Å². The monoisotopic (exact) mass is 725 g/mol. The van der Waals surface area contributed by atoms with E-state index in [0.29, 0.717) is 11.8 Å². The van der Waals surface area contributed by atoms with Crippen LogP contribution in [0.1, 0.15) is 134 Å². The molecule has 0 N–H and O–H groups in total. The van der Waals surface area contributed by atoms with Gasteiger partial charge in [-0.3, -0.25) is 0 Å². The van der Waals surface area contributed by atoms with Gasteiger partial charge in [-0.2, -0.15) is 0 Å². The van der Waals surface area contributed by atoms with Crippen LogP contribution in [0.15, 0.2) is 59.7 Å². The van der Waals surface area contributed by atoms with E-state index in [1.807, 2.05) is 0 Å². The van der Waals surface area contributed by atoms with Gasteiger partial charge >= 0.3 is 281 Å². The Bertz CT molecular complexity index is 1320. The Hall–Kier alpha value is -0.920. The molecule has 2 aliphatic carbocycles. The maximum absolute atomic E-state index is 8.67. The molecule has 0 saturated heterocycles. The minimum absolute atomic E-state index is 0.156. The summed E-state index contributed by atoms with van der Waals surface area (Å²) in [6, 6.07) is 13.8. The van der Waals surface area contributed by atoms with Gasteiger partial charge in [0.05, 0.1) is 0 Å². The Labute approximate surface area is 278 Å². The first kappa shape index (κ1) is 35.9. The molecule has 0 saturated carbocycles. The van der Waals surface area contributed by atoms with Gasteiger partial charge in [-0.1, -0.05) is 0 Å². The van der Waals surface area contributed by atoms with Crippen molar-refractivity contribution in [3.8, 4) is 0 Å². The SMILES string of the molecule is CCCCC=Cc1cccc2c1C=C(CC(C)C)[CH]2[Zr]([Cl])([Cl])([CH]1C(CC(C)C)=Cc2c(C=CCCCC)cccc21)[SiH](C)C. The molecule has 0 fully saturated rings. The van der Waals surface area contributed by atoms with Crippen LogP contribution in [0.4, 0.5) is 0 Å². The van der Waals surface area contributed by atoms with E-state index < -0.39 is 21.5 Å². The number of hydrogen-bond acceptors (Lipinski definition) is 0. The summed E-state index contributed by atoms with van der Waals surface area (Å²) in [5.74, 6) is -0.488. The summed E-state index contributed by atoms with van der Waals surface area (Å²) in [6.07, 6.45) is 23.7. The van der Waals surface area contributed by atoms with E-state index in [4.69, 9.17) is 17.0 Å². The molecule has 44 heavy (non-hydrogen) atoms. The first-order valence-electron chi connectivity index (χ1n) is 17.5. The fourth-order valence-electron chi connectivity index (χ4n) is 7.76. The molecule has 0 bridgehead atoms. The Kier molecular flexibility index (Phi) is 12.5. The molecular formula is C40H57Cl2SiZr. The van der Waals surface area contributed by atoms with Crippen LogP contribution in [-0.2, 0) is 15.6 Å². The summed E-state index contributed by atoms with van der Waals surface area (Å²) in [4.78, 5) is 0. The maximum atomic E-state index is 8.67. The molecule has 4 rings (SSSR count). The third-order valence-electron chi connectivity index (χ3n) is 9.91. The topological polar surface area (TPSA) is 0 Å². The van der Waals surface area contributed by atoms with Gasteiger partial charge in [0.1, 0.15) is 0 Å². The summed E-state index contributed by atoms with van der Waals surface area (Å²) in [5.41, 5.74) is 11.2. The summed E-state index contributed by atoms with van der Waals surface area (Å²) in [6.45, 7) is 18.9. The van der Waals surface area contributed by atoms with Crippen LogP contribution < -0.4 is 0 Å². The third kappa shape index (κ3) is 7.30. The second-order valence-corrected chi connectivity index (χ2v) is 57.2. The molecule has 2 aliphatic rings. The fourth-order valence-corrected chi connectivity index (χ4v) is 39.1. The summed E-state index contributed by atoms with van der Waals surface area (Å²) >= 11 is -4.75. The predicted molar refractivity (Wildman–Crippen MR) is 201 cm³/mol. The van der Waals surface area contributed by atoms with Crippen LogP contribution in [0, 0.1) is 11.8 Å². The van der Waals surface area contributed by atoms with E-state index in [1.165, 1.54) is 70.2 Å². The van der Waals surface area contributed by atoms with Crippen LogP contribution in [0.2, 0.25) is 13.1 Å². The summed E-state index contributed by atoms with van der Waals surface area (Å²) in [5, 5.41) is 0. The molecule has 0 aliphatic heterocycles. The van der Waals surface area contributed by atoms with E-state index in [0.717, 1.165) is 25.7 Å². The molecule has 0 spiro atoms. The van der Waals surface area contributed by atoms with Crippen molar-refractivity contribution in [3.05, 3.63) is 93.1 Å². The van der Waals surface area contributed by atoms with Crippen molar-refractivity contribution in [3.63, 3.8) is 0 Å². The van der Waals surface area contributed by atoms with E-state index in [9.17, 15) is 0 Å². The average molecular weight is 728 g/mol. The first-order valence-corrected chi connectivity index (χ1v) is 33.8. The van der Waals surface area contributed by atoms with E-state index in [2.05, 4.69) is 127 Å². The molecule has 0 radical (unpaired) electrons. The Balaban J connectivity index is 1.94. The molecule has 4 heteroatoms. The molecule has 2 aromatic rings. The van der Waals surface area contributed by atoms with Gasteiger partial charge in [0.2, 0.25) is 0 Å². The summed E-state index contributed by atoms with van der Waals surface area (Å²) in [7, 11) is 17.3. The van der Waals surface area contributed by atoms with Crippen LogP contribution >= 0.6 is 17.0 Å². The zero-order valence-corrected chi connectivity index (χ0v) is 33.9. The third-order valence-corrected chi connectivity index (χ3v) is 61.8. The number of fused-ring (bicyclic) bond motifs is 2. The Morgan fingerprint density at radius 2 is 1.11 bits per heavy atom. The zero-order valence-electron chi connectivity index (χ0n) is 28.7. The number of hydrogen-bond donors (Lipinski definition) is 0. The van der Waals surface area contributed by atoms with Crippen molar-refractivity contribution in [1.29, 1.82) is 0 Å². The Morgan fingerprint density at radius 3 is 1.45 bits per heavy atom. The second kappa shape index (κ2) is 15.3. The van der Waals surface area contributed by atoms with E-state index >= 15 is 0 Å². The van der Waals surface area contributed by atoms with Gasteiger partial charge in [-0.25, -0.2) is 0 Å². The summed E-state index contributed by atoms with van der Waals surface area (Å²) < 4.78 is 0.311. The number of benzene rings is 2. The molecule has 0 aromatic heterocycles. The van der Waals surface area contributed by atoms with Gasteiger partial charge in [0.25, 0.3) is 0 Å². The molecule has 0 heterocycles. The number of halogens is 2. The molecule has 2 aromatic carbocycles. The van der Waals surface area contributed by atoms with Crippen molar-refractivity contribution in [1.82, 2.24) is 0 Å². The molecule has 239 valence electrons. The Morgan fingerprint density at radius 1 is 0.705 bits per heavy atom. The normalized spacial score (nSPS) is 19.2. The average Bonchev–Trinajstić information content (AvgIpc) is 3.52. The van der Waals surface area contributed by atoms with Crippen LogP contribution in [0.5, 0.6) is 0 Å². The van der Waals surface area contributed by atoms with Gasteiger partial charge in [-0.15, -0.1) is 0 Å². The molecule has 0 amide bonds. The van der Waals surface area contributed by atoms with Crippen LogP contribution in [0.3, 0.4) is 0 Å². The predicted octanol–water partition coefficient (Wildman–Crippen LogP) is 13.7. The van der Waals surface area contributed by atoms with Gasteiger partial charge in [0.15, 0.2) is 0 Å². The van der Waals surface area contributed by atoms with Crippen molar-refractivity contribution >= 4 is 47.3 Å². The quantitative estimate of drug-likeness (QED) is 0.127. The van der Waals surface area contributed by atoms with Crippen molar-refractivity contribution < 1.29 is 15.6 Å². The van der Waals surface area contributed by atoms with E-state index in [-0.39, 0.29) is 7.25 Å². The van der Waals surface area contributed by atoms with Gasteiger partial charge in [-0.05, 0) is 0 Å². The molecular weight excluding hydrogens is 671 g/mol. The van der Waals surface area contributed by atoms with Crippen molar-refractivity contribution in [2.75, 3.05) is 0 Å². The fraction of sp³-hybridized carbons (Fsp3) is 0.500. The first-order chi connectivity index (χ1) is 20.9. The molecule has 2 atom stereocenters. The minimum atomic E-state index is -4.75. The number of rotatable bonds is 15. The standard InChI is InChI=1S/2C19H25.C2H7Si.2ClH.Zr/c2*1-4-5-6-7-9-17-10-8-11-18-13-16(12-15(2)3)14-19(17)18;1-3-2;;;/h2*7-11,13-15H,4-6,12H2,1-3H3;3H,1-2H3;2*1H;/q;;;;;+2/p-2. The number of unbranched alkanes of at least 4 members (excludes halogenated alkanes) is 4. The van der Waals surface area contributed by atoms with E-state index in [1.54, 1.807) is 0 Å². The van der Waals surface area contributed by atoms with Crippen LogP contribution in [0.25, 0.3) is 24.3 Å². The van der Waals surface area contributed by atoms with Crippen LogP contribution in [-0.4, -0.2) is 5.92 Å². The second-order valence-electron chi connectivity index (χ2n) is 14.7. The van der Waals surface area contributed by atoms with Gasteiger partial charge in [0, 0.05) is 0 Å². The molecule has 2 unspecified atom stereocenters. The zero-order chi connectivity index (χ0) is 32.1. The van der Waals surface area contributed by atoms with Crippen molar-refractivity contribution in [2.24, 2.45) is 11.8 Å². The van der Waals surface area contributed by atoms with Gasteiger partial charge < -0.3 is 0 Å².